The lowest BCUT2D eigenvalue weighted by atomic mass is 10.0. The zero-order valence-corrected chi connectivity index (χ0v) is 17.4. The molecule has 0 radical (unpaired) electrons. The monoisotopic (exact) mass is 425 g/mol. The Kier molecular flexibility index (Phi) is 4.99. The van der Waals surface area contributed by atoms with E-state index in [2.05, 4.69) is 5.32 Å². The summed E-state index contributed by atoms with van der Waals surface area (Å²) in [6.45, 7) is 0.703. The quantitative estimate of drug-likeness (QED) is 0.410. The maximum absolute atomic E-state index is 12.4. The summed E-state index contributed by atoms with van der Waals surface area (Å²) in [6, 6.07) is 24.8. The summed E-state index contributed by atoms with van der Waals surface area (Å²) in [6.07, 6.45) is 0.819. The van der Waals surface area contributed by atoms with Crippen molar-refractivity contribution in [3.05, 3.63) is 90.0 Å². The smallest absolute Gasteiger partial charge is 0.254 e. The van der Waals surface area contributed by atoms with Crippen molar-refractivity contribution in [1.82, 2.24) is 9.78 Å². The van der Waals surface area contributed by atoms with Crippen LogP contribution in [0.4, 0.5) is 11.5 Å². The van der Waals surface area contributed by atoms with Crippen LogP contribution in [-0.4, -0.2) is 22.2 Å². The van der Waals surface area contributed by atoms with Crippen molar-refractivity contribution < 1.29 is 9.53 Å². The van der Waals surface area contributed by atoms with E-state index >= 15 is 0 Å². The van der Waals surface area contributed by atoms with Crippen LogP contribution in [0.15, 0.2) is 78.9 Å². The molecule has 1 aliphatic heterocycles. The van der Waals surface area contributed by atoms with E-state index in [0.29, 0.717) is 35.1 Å². The molecule has 32 heavy (non-hydrogen) atoms. The molecule has 5 N–H and O–H groups in total. The number of ether oxygens (including phenoxy) is 1. The molecule has 0 spiro atoms. The number of aromatic nitrogens is 2. The highest BCUT2D eigenvalue weighted by molar-refractivity contribution is 6.03. The fourth-order valence-electron chi connectivity index (χ4n) is 4.09. The molecule has 5 rings (SSSR count). The number of carbonyl (C=O) groups excluding carboxylic acids is 1. The lowest BCUT2D eigenvalue weighted by Crippen LogP contribution is -2.26. The molecule has 1 aromatic heterocycles. The zero-order valence-electron chi connectivity index (χ0n) is 17.4. The van der Waals surface area contributed by atoms with Crippen molar-refractivity contribution in [3.8, 4) is 22.8 Å². The van der Waals surface area contributed by atoms with Gasteiger partial charge in [-0.1, -0.05) is 30.3 Å². The van der Waals surface area contributed by atoms with Gasteiger partial charge in [0.2, 0.25) is 0 Å². The third-order valence-electron chi connectivity index (χ3n) is 5.56. The standard InChI is InChI=1S/C25H23N5O2/c26-18-6-4-5-17(15-18)21-13-14-28-25-22(24(27)31)23(29-30(21)25)16-9-11-20(12-10-16)32-19-7-2-1-3-8-19/h1-12,15,21,28H,13-14,26H2,(H2,27,31)/t21-/m0/s1. The summed E-state index contributed by atoms with van der Waals surface area (Å²) >= 11 is 0. The summed E-state index contributed by atoms with van der Waals surface area (Å²) < 4.78 is 7.72. The largest absolute Gasteiger partial charge is 0.457 e. The van der Waals surface area contributed by atoms with E-state index in [4.69, 9.17) is 21.3 Å². The van der Waals surface area contributed by atoms with Crippen LogP contribution < -0.4 is 21.5 Å². The number of fused-ring (bicyclic) bond motifs is 1. The molecule has 3 aromatic carbocycles. The molecule has 0 unspecified atom stereocenters. The van der Waals surface area contributed by atoms with Gasteiger partial charge in [-0.3, -0.25) is 4.79 Å². The number of nitrogens with two attached hydrogens (primary N) is 2. The Bertz CT molecular complexity index is 1270. The first-order valence-electron chi connectivity index (χ1n) is 10.4. The second kappa shape index (κ2) is 8.11. The molecule has 1 amide bonds. The summed E-state index contributed by atoms with van der Waals surface area (Å²) in [5.74, 6) is 1.56. The van der Waals surface area contributed by atoms with Gasteiger partial charge in [0.25, 0.3) is 5.91 Å². The fraction of sp³-hybridized carbons (Fsp3) is 0.120. The summed E-state index contributed by atoms with van der Waals surface area (Å²) in [5.41, 5.74) is 15.2. The van der Waals surface area contributed by atoms with Crippen LogP contribution >= 0.6 is 0 Å². The number of rotatable bonds is 5. The normalized spacial score (nSPS) is 14.9. The van der Waals surface area contributed by atoms with Crippen LogP contribution in [0, 0.1) is 0 Å². The van der Waals surface area contributed by atoms with Crippen molar-refractivity contribution in [1.29, 1.82) is 0 Å². The van der Waals surface area contributed by atoms with E-state index in [1.54, 1.807) is 0 Å². The summed E-state index contributed by atoms with van der Waals surface area (Å²) in [5, 5.41) is 8.12. The van der Waals surface area contributed by atoms with E-state index in [-0.39, 0.29) is 6.04 Å². The van der Waals surface area contributed by atoms with Gasteiger partial charge in [0, 0.05) is 17.8 Å². The van der Waals surface area contributed by atoms with Gasteiger partial charge in [-0.2, -0.15) is 5.10 Å². The number of primary amides is 1. The first kappa shape index (κ1) is 19.7. The number of para-hydroxylation sites is 1. The minimum absolute atomic E-state index is 0.0395. The number of carbonyl (C=O) groups is 1. The predicted octanol–water partition coefficient (Wildman–Crippen LogP) is 4.43. The average molecular weight is 425 g/mol. The van der Waals surface area contributed by atoms with E-state index in [1.807, 2.05) is 83.5 Å². The molecular formula is C25H23N5O2. The highest BCUT2D eigenvalue weighted by Gasteiger charge is 2.30. The van der Waals surface area contributed by atoms with Crippen molar-refractivity contribution >= 4 is 17.4 Å². The zero-order chi connectivity index (χ0) is 22.1. The average Bonchev–Trinajstić information content (AvgIpc) is 3.20. The Morgan fingerprint density at radius 2 is 1.75 bits per heavy atom. The number of hydrogen-bond donors (Lipinski definition) is 3. The molecule has 2 heterocycles. The Labute approximate surface area is 185 Å². The van der Waals surface area contributed by atoms with Crippen molar-refractivity contribution in [3.63, 3.8) is 0 Å². The molecule has 7 nitrogen and oxygen atoms in total. The van der Waals surface area contributed by atoms with E-state index in [9.17, 15) is 4.79 Å². The topological polar surface area (TPSA) is 108 Å². The van der Waals surface area contributed by atoms with Crippen molar-refractivity contribution in [2.75, 3.05) is 17.6 Å². The van der Waals surface area contributed by atoms with Crippen molar-refractivity contribution in [2.45, 2.75) is 12.5 Å². The molecular weight excluding hydrogens is 402 g/mol. The summed E-state index contributed by atoms with van der Waals surface area (Å²) in [4.78, 5) is 12.4. The molecule has 1 atom stereocenters. The first-order valence-corrected chi connectivity index (χ1v) is 10.4. The highest BCUT2D eigenvalue weighted by atomic mass is 16.5. The molecule has 1 aliphatic rings. The maximum atomic E-state index is 12.4. The van der Waals surface area contributed by atoms with Gasteiger partial charge in [-0.25, -0.2) is 4.68 Å². The Hall–Kier alpha value is -4.26. The Morgan fingerprint density at radius 3 is 2.47 bits per heavy atom. The van der Waals surface area contributed by atoms with Crippen LogP contribution in [0.1, 0.15) is 28.4 Å². The van der Waals surface area contributed by atoms with Gasteiger partial charge in [0.15, 0.2) is 0 Å². The number of amides is 1. The first-order chi connectivity index (χ1) is 15.6. The number of nitrogen functional groups attached to an aromatic ring is 1. The van der Waals surface area contributed by atoms with Gasteiger partial charge >= 0.3 is 0 Å². The Balaban J connectivity index is 1.53. The maximum Gasteiger partial charge on any atom is 0.254 e. The lowest BCUT2D eigenvalue weighted by Gasteiger charge is -2.26. The second-order valence-electron chi connectivity index (χ2n) is 7.72. The molecule has 0 saturated heterocycles. The lowest BCUT2D eigenvalue weighted by molar-refractivity contribution is 0.100. The van der Waals surface area contributed by atoms with Crippen LogP contribution in [0.3, 0.4) is 0 Å². The van der Waals surface area contributed by atoms with Gasteiger partial charge in [-0.05, 0) is 60.5 Å². The number of hydrogen-bond acceptors (Lipinski definition) is 5. The van der Waals surface area contributed by atoms with Gasteiger partial charge < -0.3 is 21.5 Å². The van der Waals surface area contributed by atoms with Gasteiger partial charge in [0.1, 0.15) is 28.6 Å². The van der Waals surface area contributed by atoms with E-state index < -0.39 is 5.91 Å². The number of nitrogens with one attached hydrogen (secondary N) is 1. The molecule has 7 heteroatoms. The molecule has 160 valence electrons. The molecule has 0 fully saturated rings. The van der Waals surface area contributed by atoms with E-state index in [1.165, 1.54) is 0 Å². The number of nitrogens with zero attached hydrogens (tertiary/aromatic N) is 2. The van der Waals surface area contributed by atoms with Crippen LogP contribution in [0.5, 0.6) is 11.5 Å². The number of anilines is 2. The fourth-order valence-corrected chi connectivity index (χ4v) is 4.09. The summed E-state index contributed by atoms with van der Waals surface area (Å²) in [7, 11) is 0. The van der Waals surface area contributed by atoms with Crippen LogP contribution in [0.25, 0.3) is 11.3 Å². The minimum atomic E-state index is -0.522. The minimum Gasteiger partial charge on any atom is -0.457 e. The second-order valence-corrected chi connectivity index (χ2v) is 7.72. The highest BCUT2D eigenvalue weighted by Crippen LogP contribution is 2.37. The molecule has 0 bridgehead atoms. The van der Waals surface area contributed by atoms with Crippen LogP contribution in [-0.2, 0) is 0 Å². The number of benzene rings is 3. The molecule has 0 aliphatic carbocycles. The van der Waals surface area contributed by atoms with Gasteiger partial charge in [-0.15, -0.1) is 0 Å². The van der Waals surface area contributed by atoms with Crippen LogP contribution in [0.2, 0.25) is 0 Å². The van der Waals surface area contributed by atoms with E-state index in [0.717, 1.165) is 23.3 Å². The predicted molar refractivity (Wildman–Crippen MR) is 125 cm³/mol. The van der Waals surface area contributed by atoms with Gasteiger partial charge in [0.05, 0.1) is 6.04 Å². The third kappa shape index (κ3) is 3.65. The third-order valence-corrected chi connectivity index (χ3v) is 5.56. The molecule has 0 saturated carbocycles. The van der Waals surface area contributed by atoms with Crippen molar-refractivity contribution in [2.24, 2.45) is 5.73 Å². The Morgan fingerprint density at radius 1 is 1.00 bits per heavy atom. The SMILES string of the molecule is NC(=O)c1c(-c2ccc(Oc3ccccc3)cc2)nn2c1NCC[C@H]2c1cccc(N)c1. The molecule has 4 aromatic rings.